The molecule has 4 aliphatic heterocycles. The van der Waals surface area contributed by atoms with Crippen molar-refractivity contribution in [1.82, 2.24) is 4.98 Å². The van der Waals surface area contributed by atoms with Gasteiger partial charge in [-0.05, 0) is 61.8 Å². The van der Waals surface area contributed by atoms with Gasteiger partial charge in [0.2, 0.25) is 0 Å². The smallest absolute Gasteiger partial charge is 0.184 e. The monoisotopic (exact) mass is 612 g/mol. The molecule has 0 amide bonds. The first-order chi connectivity index (χ1) is 21.9. The number of hydrogen-bond acceptors (Lipinski definition) is 5. The van der Waals surface area contributed by atoms with Crippen molar-refractivity contribution in [2.75, 3.05) is 14.2 Å². The van der Waals surface area contributed by atoms with Gasteiger partial charge in [-0.1, -0.05) is 87.4 Å². The molecule has 2 aromatic carbocycles. The topological polar surface area (TPSA) is 71.3 Å². The number of rotatable bonds is 5. The van der Waals surface area contributed by atoms with E-state index < -0.39 is 11.8 Å². The highest BCUT2D eigenvalue weighted by atomic mass is 16.7. The van der Waals surface area contributed by atoms with Crippen LogP contribution in [0.25, 0.3) is 28.9 Å². The average Bonchev–Trinajstić information content (AvgIpc) is 3.74. The molecule has 3 aromatic rings. The lowest BCUT2D eigenvalue weighted by Crippen LogP contribution is -2.50. The third kappa shape index (κ3) is 5.18. The summed E-state index contributed by atoms with van der Waals surface area (Å²) in [7, 11) is 3.41. The van der Waals surface area contributed by atoms with E-state index in [2.05, 4.69) is 125 Å². The number of aryl methyl sites for hydroxylation is 2. The Morgan fingerprint density at radius 2 is 1.48 bits per heavy atom. The van der Waals surface area contributed by atoms with Gasteiger partial charge >= 0.3 is 0 Å². The molecular weight excluding hydrogens is 568 g/mol. The molecule has 0 saturated heterocycles. The van der Waals surface area contributed by atoms with Gasteiger partial charge in [0.05, 0.1) is 11.8 Å². The summed E-state index contributed by atoms with van der Waals surface area (Å²) in [5.74, 6) is 0. The average molecular weight is 613 g/mol. The number of aromatic amines is 1. The lowest BCUT2D eigenvalue weighted by Gasteiger charge is -2.37. The van der Waals surface area contributed by atoms with Gasteiger partial charge in [0.15, 0.2) is 6.29 Å². The van der Waals surface area contributed by atoms with Crippen LogP contribution in [-0.2, 0) is 9.47 Å². The predicted octanol–water partition coefficient (Wildman–Crippen LogP) is 6.76. The van der Waals surface area contributed by atoms with E-state index in [0.29, 0.717) is 6.42 Å². The predicted molar refractivity (Wildman–Crippen MR) is 190 cm³/mol. The number of allylic oxidation sites excluding steroid dienone is 3. The summed E-state index contributed by atoms with van der Waals surface area (Å²) in [4.78, 5) is 20.0. The lowest BCUT2D eigenvalue weighted by molar-refractivity contribution is -0.150. The van der Waals surface area contributed by atoms with Crippen LogP contribution in [0.15, 0.2) is 87.4 Å². The van der Waals surface area contributed by atoms with Crippen LogP contribution in [0, 0.1) is 24.7 Å². The van der Waals surface area contributed by atoms with Crippen molar-refractivity contribution in [3.8, 4) is 11.1 Å². The van der Waals surface area contributed by atoms with Crippen LogP contribution in [0.2, 0.25) is 0 Å². The SMILES string of the molecule is COC(OC)C12CC(C)(C)C(=N1)/C=c1\[nH]/c(cc1-c1ccc(C)cc1)=C\C1=NC(=C\C3=NC2C=C3c2ccc(C)cc2)/C(C)(C)C1. The first kappa shape index (κ1) is 30.5. The number of aromatic nitrogens is 1. The summed E-state index contributed by atoms with van der Waals surface area (Å²) < 4.78 is 12.1. The highest BCUT2D eigenvalue weighted by Crippen LogP contribution is 2.48. The van der Waals surface area contributed by atoms with Crippen LogP contribution in [0.1, 0.15) is 57.2 Å². The van der Waals surface area contributed by atoms with Crippen LogP contribution in [0.5, 0.6) is 0 Å². The maximum atomic E-state index is 6.07. The summed E-state index contributed by atoms with van der Waals surface area (Å²) in [5, 5.41) is 2.06. The Morgan fingerprint density at radius 1 is 0.826 bits per heavy atom. The number of nitrogens with one attached hydrogen (secondary N) is 1. The van der Waals surface area contributed by atoms with Crippen molar-refractivity contribution in [3.05, 3.63) is 99.8 Å². The molecule has 4 aliphatic rings. The van der Waals surface area contributed by atoms with Crippen molar-refractivity contribution in [3.63, 3.8) is 0 Å². The Balaban J connectivity index is 1.53. The second-order valence-corrected chi connectivity index (χ2v) is 14.7. The normalized spacial score (nSPS) is 26.8. The lowest BCUT2D eigenvalue weighted by atomic mass is 9.76. The third-order valence-electron chi connectivity index (χ3n) is 10.0. The molecular formula is C40H44N4O2. The van der Waals surface area contributed by atoms with Crippen LogP contribution in [-0.4, -0.2) is 54.2 Å². The molecule has 0 aliphatic carbocycles. The van der Waals surface area contributed by atoms with Gasteiger partial charge < -0.3 is 14.5 Å². The molecule has 236 valence electrons. The minimum absolute atomic E-state index is 0.150. The van der Waals surface area contributed by atoms with Crippen LogP contribution < -0.4 is 10.7 Å². The number of hydrogen-bond donors (Lipinski definition) is 1. The second-order valence-electron chi connectivity index (χ2n) is 14.7. The van der Waals surface area contributed by atoms with E-state index in [1.807, 2.05) is 0 Å². The number of methoxy groups -OCH3 is 2. The standard InChI is InChI=1S/C40H44N4O2/c1-24-9-13-26(14-10-24)30-18-28-17-29-22-38(3,4)34(42-29)20-33-31(27-15-11-25(2)12-16-27)19-36(43-33)40(37(45-7)46-8)23-39(5,6)35(44-40)21-32(30)41-28/h9-21,36-37,41H,22-23H2,1-8H3/b28-17-,32-21-,34-20-. The van der Waals surface area contributed by atoms with E-state index in [-0.39, 0.29) is 16.9 Å². The molecule has 7 rings (SSSR count). The highest BCUT2D eigenvalue weighted by molar-refractivity contribution is 6.31. The van der Waals surface area contributed by atoms with Crippen LogP contribution >= 0.6 is 0 Å². The Labute approximate surface area is 272 Å². The van der Waals surface area contributed by atoms with Crippen molar-refractivity contribution in [2.45, 2.75) is 72.3 Å². The van der Waals surface area contributed by atoms with Gasteiger partial charge in [-0.25, -0.2) is 0 Å². The minimum Gasteiger partial charge on any atom is -0.355 e. The molecule has 0 saturated carbocycles. The zero-order valence-electron chi connectivity index (χ0n) is 28.2. The van der Waals surface area contributed by atoms with Gasteiger partial charge in [0.25, 0.3) is 0 Å². The Kier molecular flexibility index (Phi) is 7.29. The number of benzene rings is 2. The maximum Gasteiger partial charge on any atom is 0.184 e. The highest BCUT2D eigenvalue weighted by Gasteiger charge is 2.56. The quantitative estimate of drug-likeness (QED) is 0.324. The van der Waals surface area contributed by atoms with Gasteiger partial charge in [-0.15, -0.1) is 0 Å². The molecule has 2 atom stereocenters. The molecule has 1 aromatic heterocycles. The number of ether oxygens (including phenoxy) is 2. The van der Waals surface area contributed by atoms with Gasteiger partial charge in [-0.2, -0.15) is 0 Å². The largest absolute Gasteiger partial charge is 0.355 e. The van der Waals surface area contributed by atoms with Gasteiger partial charge in [-0.3, -0.25) is 15.0 Å². The third-order valence-corrected chi connectivity index (χ3v) is 10.0. The molecule has 0 radical (unpaired) electrons. The summed E-state index contributed by atoms with van der Waals surface area (Å²) in [6, 6.07) is 19.4. The van der Waals surface area contributed by atoms with E-state index in [0.717, 1.165) is 62.2 Å². The number of nitrogens with zero attached hydrogens (tertiary/aromatic N) is 3. The molecule has 8 bridgehead atoms. The molecule has 6 heteroatoms. The number of H-pyrrole nitrogens is 1. The van der Waals surface area contributed by atoms with Gasteiger partial charge in [0.1, 0.15) is 5.54 Å². The molecule has 5 heterocycles. The van der Waals surface area contributed by atoms with E-state index >= 15 is 0 Å². The Hall–Kier alpha value is -4.13. The van der Waals surface area contributed by atoms with Crippen molar-refractivity contribution >= 4 is 34.9 Å². The van der Waals surface area contributed by atoms with E-state index in [9.17, 15) is 0 Å². The number of aliphatic imine (C=N–C) groups is 3. The van der Waals surface area contributed by atoms with E-state index in [1.165, 1.54) is 11.1 Å². The zero-order valence-corrected chi connectivity index (χ0v) is 28.2. The summed E-state index contributed by atoms with van der Waals surface area (Å²) in [6.07, 6.45) is 9.86. The van der Waals surface area contributed by atoms with Crippen molar-refractivity contribution in [1.29, 1.82) is 0 Å². The summed E-state index contributed by atoms with van der Waals surface area (Å²) in [6.45, 7) is 13.3. The Bertz CT molecular complexity index is 1980. The number of fused-ring (bicyclic) bond motifs is 6. The fourth-order valence-electron chi connectivity index (χ4n) is 7.54. The van der Waals surface area contributed by atoms with Crippen LogP contribution in [0.4, 0.5) is 0 Å². The fraction of sp³-hybridized carbons (Fsp3) is 0.375. The first-order valence-electron chi connectivity index (χ1n) is 16.2. The van der Waals surface area contributed by atoms with E-state index in [1.54, 1.807) is 14.2 Å². The van der Waals surface area contributed by atoms with Gasteiger partial charge in [0, 0.05) is 70.4 Å². The van der Waals surface area contributed by atoms with E-state index in [4.69, 9.17) is 24.5 Å². The summed E-state index contributed by atoms with van der Waals surface area (Å²) in [5.41, 5.74) is 9.79. The van der Waals surface area contributed by atoms with Crippen molar-refractivity contribution < 1.29 is 9.47 Å². The van der Waals surface area contributed by atoms with Crippen LogP contribution in [0.3, 0.4) is 0 Å². The first-order valence-corrected chi connectivity index (χ1v) is 16.2. The fourth-order valence-corrected chi connectivity index (χ4v) is 7.54. The molecule has 2 unspecified atom stereocenters. The van der Waals surface area contributed by atoms with Crippen molar-refractivity contribution in [2.24, 2.45) is 25.8 Å². The molecule has 0 spiro atoms. The summed E-state index contributed by atoms with van der Waals surface area (Å²) >= 11 is 0. The molecule has 0 fully saturated rings. The molecule has 46 heavy (non-hydrogen) atoms. The molecule has 6 nitrogen and oxygen atoms in total. The molecule has 1 N–H and O–H groups in total. The maximum absolute atomic E-state index is 6.07. The minimum atomic E-state index is -0.777. The Morgan fingerprint density at radius 3 is 2.13 bits per heavy atom. The zero-order chi connectivity index (χ0) is 32.4. The second kappa shape index (κ2) is 11.0.